The van der Waals surface area contributed by atoms with E-state index >= 15 is 0 Å². The SMILES string of the molecule is CC(=O)O[C@H]1[C@H](O)CC2=C3C(CC[C@@]21C)c1ccc(O)cc1C[C@@H]3O. The van der Waals surface area contributed by atoms with Crippen LogP contribution in [-0.2, 0) is 16.0 Å². The Hall–Kier alpha value is -1.85. The van der Waals surface area contributed by atoms with Crippen LogP contribution in [0.15, 0.2) is 29.3 Å². The zero-order valence-corrected chi connectivity index (χ0v) is 14.5. The topological polar surface area (TPSA) is 87.0 Å². The molecule has 5 nitrogen and oxygen atoms in total. The highest BCUT2D eigenvalue weighted by molar-refractivity contribution is 5.66. The number of phenolic OH excluding ortho intramolecular Hbond substituents is 1. The average molecular weight is 344 g/mol. The fraction of sp³-hybridized carbons (Fsp3) is 0.550. The van der Waals surface area contributed by atoms with Crippen LogP contribution >= 0.6 is 0 Å². The quantitative estimate of drug-likeness (QED) is 0.537. The summed E-state index contributed by atoms with van der Waals surface area (Å²) >= 11 is 0. The van der Waals surface area contributed by atoms with Gasteiger partial charge in [0, 0.05) is 24.7 Å². The molecule has 0 heterocycles. The van der Waals surface area contributed by atoms with Crippen molar-refractivity contribution in [3.63, 3.8) is 0 Å². The van der Waals surface area contributed by atoms with Gasteiger partial charge in [0.2, 0.25) is 0 Å². The van der Waals surface area contributed by atoms with Crippen molar-refractivity contribution in [2.24, 2.45) is 5.41 Å². The molecule has 0 aliphatic heterocycles. The van der Waals surface area contributed by atoms with Crippen molar-refractivity contribution in [2.45, 2.75) is 63.8 Å². The predicted octanol–water partition coefficient (Wildman–Crippen LogP) is 2.19. The van der Waals surface area contributed by atoms with Gasteiger partial charge in [0.25, 0.3) is 0 Å². The van der Waals surface area contributed by atoms with Gasteiger partial charge in [-0.25, -0.2) is 0 Å². The Morgan fingerprint density at radius 1 is 1.28 bits per heavy atom. The maximum Gasteiger partial charge on any atom is 0.303 e. The molecule has 0 aromatic heterocycles. The zero-order valence-electron chi connectivity index (χ0n) is 14.5. The molecule has 0 bridgehead atoms. The van der Waals surface area contributed by atoms with Crippen LogP contribution in [0.25, 0.3) is 0 Å². The van der Waals surface area contributed by atoms with Gasteiger partial charge in [-0.3, -0.25) is 4.79 Å². The van der Waals surface area contributed by atoms with Crippen LogP contribution in [0.4, 0.5) is 0 Å². The molecule has 1 aromatic carbocycles. The lowest BCUT2D eigenvalue weighted by molar-refractivity contribution is -0.157. The van der Waals surface area contributed by atoms with E-state index in [0.29, 0.717) is 12.8 Å². The Morgan fingerprint density at radius 3 is 2.76 bits per heavy atom. The number of fused-ring (bicyclic) bond motifs is 4. The van der Waals surface area contributed by atoms with Crippen molar-refractivity contribution >= 4 is 5.97 Å². The lowest BCUT2D eigenvalue weighted by atomic mass is 9.62. The minimum Gasteiger partial charge on any atom is -0.508 e. The van der Waals surface area contributed by atoms with Crippen molar-refractivity contribution in [1.29, 1.82) is 0 Å². The van der Waals surface area contributed by atoms with E-state index in [4.69, 9.17) is 4.74 Å². The minimum absolute atomic E-state index is 0.103. The summed E-state index contributed by atoms with van der Waals surface area (Å²) in [5.41, 5.74) is 3.75. The molecule has 1 fully saturated rings. The van der Waals surface area contributed by atoms with Gasteiger partial charge in [-0.05, 0) is 48.1 Å². The number of hydrogen-bond donors (Lipinski definition) is 3. The molecule has 134 valence electrons. The number of aliphatic hydroxyl groups excluding tert-OH is 2. The van der Waals surface area contributed by atoms with Crippen molar-refractivity contribution < 1.29 is 24.9 Å². The molecule has 0 spiro atoms. The first-order valence-corrected chi connectivity index (χ1v) is 8.90. The molecule has 0 amide bonds. The van der Waals surface area contributed by atoms with E-state index < -0.39 is 23.7 Å². The fourth-order valence-corrected chi connectivity index (χ4v) is 5.27. The second kappa shape index (κ2) is 5.58. The second-order valence-electron chi connectivity index (χ2n) is 7.85. The molecular formula is C20H24O5. The van der Waals surface area contributed by atoms with Crippen LogP contribution in [0.3, 0.4) is 0 Å². The number of esters is 1. The largest absolute Gasteiger partial charge is 0.508 e. The molecule has 5 heteroatoms. The van der Waals surface area contributed by atoms with Gasteiger partial charge in [0.1, 0.15) is 11.9 Å². The fourth-order valence-electron chi connectivity index (χ4n) is 5.27. The Morgan fingerprint density at radius 2 is 2.04 bits per heavy atom. The Labute approximate surface area is 146 Å². The monoisotopic (exact) mass is 344 g/mol. The highest BCUT2D eigenvalue weighted by Crippen LogP contribution is 2.58. The van der Waals surface area contributed by atoms with Gasteiger partial charge < -0.3 is 20.1 Å². The van der Waals surface area contributed by atoms with E-state index in [0.717, 1.165) is 35.1 Å². The second-order valence-corrected chi connectivity index (χ2v) is 7.85. The van der Waals surface area contributed by atoms with E-state index in [1.54, 1.807) is 12.1 Å². The Bertz CT molecular complexity index is 767. The van der Waals surface area contributed by atoms with Gasteiger partial charge in [-0.15, -0.1) is 0 Å². The number of benzene rings is 1. The first kappa shape index (κ1) is 16.6. The van der Waals surface area contributed by atoms with Gasteiger partial charge in [-0.2, -0.15) is 0 Å². The van der Waals surface area contributed by atoms with Crippen molar-refractivity contribution in [3.05, 3.63) is 40.5 Å². The smallest absolute Gasteiger partial charge is 0.303 e. The van der Waals surface area contributed by atoms with Crippen LogP contribution in [0, 0.1) is 5.41 Å². The molecule has 4 rings (SSSR count). The van der Waals surface area contributed by atoms with Gasteiger partial charge in [0.15, 0.2) is 0 Å². The lowest BCUT2D eigenvalue weighted by Gasteiger charge is -2.44. The number of carbonyl (C=O) groups is 1. The van der Waals surface area contributed by atoms with E-state index in [2.05, 4.69) is 0 Å². The third kappa shape index (κ3) is 2.41. The molecule has 1 aromatic rings. The summed E-state index contributed by atoms with van der Waals surface area (Å²) < 4.78 is 5.46. The molecule has 0 saturated heterocycles. The van der Waals surface area contributed by atoms with Crippen molar-refractivity contribution in [3.8, 4) is 5.75 Å². The van der Waals surface area contributed by atoms with E-state index in [1.165, 1.54) is 6.92 Å². The summed E-state index contributed by atoms with van der Waals surface area (Å²) in [5, 5.41) is 31.1. The molecule has 25 heavy (non-hydrogen) atoms. The van der Waals surface area contributed by atoms with E-state index in [9.17, 15) is 20.1 Å². The molecule has 5 atom stereocenters. The van der Waals surface area contributed by atoms with Crippen LogP contribution in [0.5, 0.6) is 5.75 Å². The summed E-state index contributed by atoms with van der Waals surface area (Å²) in [7, 11) is 0. The van der Waals surface area contributed by atoms with Gasteiger partial charge >= 0.3 is 5.97 Å². The summed E-state index contributed by atoms with van der Waals surface area (Å²) in [4.78, 5) is 11.5. The van der Waals surface area contributed by atoms with Crippen molar-refractivity contribution in [2.75, 3.05) is 0 Å². The van der Waals surface area contributed by atoms with Gasteiger partial charge in [0.05, 0.1) is 12.2 Å². The number of aromatic hydroxyl groups is 1. The van der Waals surface area contributed by atoms with Crippen LogP contribution in [0.2, 0.25) is 0 Å². The van der Waals surface area contributed by atoms with Crippen LogP contribution in [0.1, 0.15) is 50.2 Å². The number of carbonyl (C=O) groups excluding carboxylic acids is 1. The highest BCUT2D eigenvalue weighted by atomic mass is 16.6. The summed E-state index contributed by atoms with van der Waals surface area (Å²) in [5.74, 6) is -0.0664. The van der Waals surface area contributed by atoms with E-state index in [1.807, 2.05) is 13.0 Å². The molecular weight excluding hydrogens is 320 g/mol. The molecule has 3 aliphatic carbocycles. The maximum atomic E-state index is 11.5. The van der Waals surface area contributed by atoms with Crippen molar-refractivity contribution in [1.82, 2.24) is 0 Å². The number of phenols is 1. The third-order valence-electron chi connectivity index (χ3n) is 6.32. The Balaban J connectivity index is 1.82. The number of hydrogen-bond acceptors (Lipinski definition) is 5. The molecule has 1 unspecified atom stereocenters. The number of aliphatic hydroxyl groups is 2. The summed E-state index contributed by atoms with van der Waals surface area (Å²) in [6, 6.07) is 5.37. The third-order valence-corrected chi connectivity index (χ3v) is 6.32. The van der Waals surface area contributed by atoms with E-state index in [-0.39, 0.29) is 17.6 Å². The minimum atomic E-state index is -0.733. The Kier molecular flexibility index (Phi) is 3.71. The molecule has 3 N–H and O–H groups in total. The normalized spacial score (nSPS) is 36.5. The molecule has 3 aliphatic rings. The first-order chi connectivity index (χ1) is 11.8. The standard InChI is InChI=1S/C20H24O5/c1-10(21)25-19-17(24)9-15-18-14(5-6-20(15,19)2)13-4-3-12(22)7-11(13)8-16(18)23/h3-4,7,14,16-17,19,22-24H,5-6,8-9H2,1-2H3/t14?,16-,17+,19-,20-/m0/s1. The number of rotatable bonds is 1. The zero-order chi connectivity index (χ0) is 17.9. The predicted molar refractivity (Wildman–Crippen MR) is 91.1 cm³/mol. The van der Waals surface area contributed by atoms with Crippen LogP contribution in [-0.4, -0.2) is 39.6 Å². The maximum absolute atomic E-state index is 11.5. The number of ether oxygens (including phenoxy) is 1. The summed E-state index contributed by atoms with van der Waals surface area (Å²) in [6.07, 6.45) is 0.601. The molecule has 0 radical (unpaired) electrons. The lowest BCUT2D eigenvalue weighted by Crippen LogP contribution is -2.42. The summed E-state index contributed by atoms with van der Waals surface area (Å²) in [6.45, 7) is 3.40. The average Bonchev–Trinajstić information content (AvgIpc) is 2.78. The highest BCUT2D eigenvalue weighted by Gasteiger charge is 2.55. The first-order valence-electron chi connectivity index (χ1n) is 8.90. The van der Waals surface area contributed by atoms with Crippen LogP contribution < -0.4 is 0 Å². The van der Waals surface area contributed by atoms with Gasteiger partial charge in [-0.1, -0.05) is 18.6 Å². The molecule has 1 saturated carbocycles.